The van der Waals surface area contributed by atoms with Crippen molar-refractivity contribution >= 4 is 17.6 Å². The molecule has 0 aliphatic carbocycles. The lowest BCUT2D eigenvalue weighted by atomic mass is 10.3. The van der Waals surface area contributed by atoms with Crippen LogP contribution in [0.5, 0.6) is 0 Å². The summed E-state index contributed by atoms with van der Waals surface area (Å²) in [6.07, 6.45) is 3.75. The highest BCUT2D eigenvalue weighted by atomic mass is 32.2. The highest BCUT2D eigenvalue weighted by Crippen LogP contribution is 2.31. The first kappa shape index (κ1) is 8.55. The van der Waals surface area contributed by atoms with Crippen molar-refractivity contribution in [1.82, 2.24) is 9.55 Å². The molecular weight excluding hydrogens is 190 g/mol. The van der Waals surface area contributed by atoms with Crippen molar-refractivity contribution in [2.45, 2.75) is 24.4 Å². The molecule has 6 heteroatoms. The van der Waals surface area contributed by atoms with Gasteiger partial charge < -0.3 is 10.1 Å². The summed E-state index contributed by atoms with van der Waals surface area (Å²) >= 11 is 1.53. The van der Waals surface area contributed by atoms with Gasteiger partial charge in [-0.25, -0.2) is 0 Å². The molecule has 0 aromatic carbocycles. The number of hydrogen-bond acceptors (Lipinski definition) is 4. The summed E-state index contributed by atoms with van der Waals surface area (Å²) < 4.78 is 1.87. The Labute approximate surface area is 79.3 Å². The Morgan fingerprint density at radius 3 is 3.23 bits per heavy atom. The van der Waals surface area contributed by atoms with E-state index in [-0.39, 0.29) is 5.82 Å². The number of nitrogens with zero attached hydrogens (tertiary/aromatic N) is 3. The largest absolute Gasteiger partial charge is 0.395 e. The molecule has 13 heavy (non-hydrogen) atoms. The van der Waals surface area contributed by atoms with E-state index in [1.165, 1.54) is 11.8 Å². The van der Waals surface area contributed by atoms with Crippen LogP contribution in [0, 0.1) is 10.1 Å². The molecule has 1 aromatic heterocycles. The van der Waals surface area contributed by atoms with Crippen molar-refractivity contribution < 1.29 is 4.92 Å². The number of thioether (sulfide) groups is 1. The predicted octanol–water partition coefficient (Wildman–Crippen LogP) is 1.68. The number of imidazole rings is 1. The van der Waals surface area contributed by atoms with Gasteiger partial charge in [-0.15, -0.1) is 0 Å². The summed E-state index contributed by atoms with van der Waals surface area (Å²) in [5.41, 5.74) is 0. The Morgan fingerprint density at radius 1 is 1.62 bits per heavy atom. The maximum atomic E-state index is 10.6. The first-order chi connectivity index (χ1) is 6.29. The molecule has 0 bridgehead atoms. The van der Waals surface area contributed by atoms with Crippen molar-refractivity contribution in [2.75, 3.05) is 5.75 Å². The van der Waals surface area contributed by atoms with Gasteiger partial charge >= 0.3 is 5.82 Å². The van der Waals surface area contributed by atoms with E-state index in [1.807, 2.05) is 4.57 Å². The summed E-state index contributed by atoms with van der Waals surface area (Å²) in [5.74, 6) is 0.957. The third kappa shape index (κ3) is 1.53. The Balaban J connectivity index is 2.39. The van der Waals surface area contributed by atoms with Crippen LogP contribution in [0.15, 0.2) is 11.4 Å². The molecule has 0 unspecified atom stereocenters. The maximum Gasteiger partial charge on any atom is 0.395 e. The fraction of sp³-hybridized carbons (Fsp3) is 0.571. The molecule has 1 aliphatic heterocycles. The van der Waals surface area contributed by atoms with Gasteiger partial charge in [-0.2, -0.15) is 0 Å². The van der Waals surface area contributed by atoms with Crippen LogP contribution in [0.3, 0.4) is 0 Å². The van der Waals surface area contributed by atoms with Gasteiger partial charge in [0.05, 0.1) is 0 Å². The summed E-state index contributed by atoms with van der Waals surface area (Å²) in [6, 6.07) is 0. The Hall–Kier alpha value is -1.04. The van der Waals surface area contributed by atoms with E-state index < -0.39 is 4.92 Å². The van der Waals surface area contributed by atoms with E-state index in [9.17, 15) is 10.1 Å². The summed E-state index contributed by atoms with van der Waals surface area (Å²) in [4.78, 5) is 13.9. The lowest BCUT2D eigenvalue weighted by Gasteiger charge is -1.98. The first-order valence-electron chi connectivity index (χ1n) is 4.11. The normalized spacial score (nSPS) is 16.3. The molecule has 5 nitrogen and oxygen atoms in total. The molecule has 1 aromatic rings. The van der Waals surface area contributed by atoms with Crippen molar-refractivity contribution in [3.63, 3.8) is 0 Å². The van der Waals surface area contributed by atoms with Crippen LogP contribution in [0.4, 0.5) is 5.82 Å². The highest BCUT2D eigenvalue weighted by molar-refractivity contribution is 7.99. The fourth-order valence-electron chi connectivity index (χ4n) is 1.35. The molecule has 0 fully saturated rings. The van der Waals surface area contributed by atoms with Gasteiger partial charge in [-0.1, -0.05) is 11.8 Å². The van der Waals surface area contributed by atoms with E-state index in [0.29, 0.717) is 5.03 Å². The van der Waals surface area contributed by atoms with Gasteiger partial charge in [0, 0.05) is 6.54 Å². The average Bonchev–Trinajstić information content (AvgIpc) is 2.36. The minimum atomic E-state index is -0.413. The smallest absolute Gasteiger partial charge is 0.358 e. The SMILES string of the molecule is O=[N+]([O-])c1ncn2c1SCCCC2. The van der Waals surface area contributed by atoms with Crippen LogP contribution in [0.25, 0.3) is 0 Å². The number of nitro groups is 1. The number of fused-ring (bicyclic) bond motifs is 1. The second-order valence-corrected chi connectivity index (χ2v) is 3.96. The van der Waals surface area contributed by atoms with Gasteiger partial charge in [0.1, 0.15) is 0 Å². The second-order valence-electron chi connectivity index (χ2n) is 2.88. The first-order valence-corrected chi connectivity index (χ1v) is 5.10. The lowest BCUT2D eigenvalue weighted by Crippen LogP contribution is -1.96. The summed E-state index contributed by atoms with van der Waals surface area (Å²) in [7, 11) is 0. The van der Waals surface area contributed by atoms with Crippen LogP contribution < -0.4 is 0 Å². The molecular formula is C7H9N3O2S. The topological polar surface area (TPSA) is 61.0 Å². The van der Waals surface area contributed by atoms with Crippen LogP contribution in [-0.2, 0) is 6.54 Å². The minimum Gasteiger partial charge on any atom is -0.358 e. The standard InChI is InChI=1S/C7H9N3O2S/c11-10(12)6-7-9(5-8-6)3-1-2-4-13-7/h5H,1-4H2. The van der Waals surface area contributed by atoms with E-state index in [1.54, 1.807) is 6.33 Å². The molecule has 0 saturated carbocycles. The third-order valence-corrected chi connectivity index (χ3v) is 3.16. The Morgan fingerprint density at radius 2 is 2.46 bits per heavy atom. The van der Waals surface area contributed by atoms with E-state index in [4.69, 9.17) is 0 Å². The van der Waals surface area contributed by atoms with Gasteiger partial charge in [0.2, 0.25) is 6.33 Å². The van der Waals surface area contributed by atoms with Crippen LogP contribution in [-0.4, -0.2) is 20.2 Å². The molecule has 0 amide bonds. The van der Waals surface area contributed by atoms with E-state index in [2.05, 4.69) is 4.98 Å². The second kappa shape index (κ2) is 3.37. The predicted molar refractivity (Wildman–Crippen MR) is 48.8 cm³/mol. The quantitative estimate of drug-likeness (QED) is 0.510. The zero-order chi connectivity index (χ0) is 9.26. The van der Waals surface area contributed by atoms with Gasteiger partial charge in [0.25, 0.3) is 0 Å². The van der Waals surface area contributed by atoms with Gasteiger partial charge in [0.15, 0.2) is 5.03 Å². The minimum absolute atomic E-state index is 0.00639. The van der Waals surface area contributed by atoms with Crippen molar-refractivity contribution in [2.24, 2.45) is 0 Å². The van der Waals surface area contributed by atoms with Crippen molar-refractivity contribution in [1.29, 1.82) is 0 Å². The molecule has 0 saturated heterocycles. The Bertz CT molecular complexity index is 336. The molecule has 0 spiro atoms. The number of aromatic nitrogens is 2. The number of aryl methyl sites for hydroxylation is 1. The summed E-state index contributed by atoms with van der Waals surface area (Å²) in [6.45, 7) is 0.850. The van der Waals surface area contributed by atoms with Crippen LogP contribution >= 0.6 is 11.8 Å². The van der Waals surface area contributed by atoms with E-state index in [0.717, 1.165) is 25.1 Å². The highest BCUT2D eigenvalue weighted by Gasteiger charge is 2.22. The lowest BCUT2D eigenvalue weighted by molar-refractivity contribution is -0.392. The number of rotatable bonds is 1. The maximum absolute atomic E-state index is 10.6. The summed E-state index contributed by atoms with van der Waals surface area (Å²) in [5, 5.41) is 11.3. The molecule has 0 radical (unpaired) electrons. The zero-order valence-electron chi connectivity index (χ0n) is 6.97. The van der Waals surface area contributed by atoms with Crippen LogP contribution in [0.1, 0.15) is 12.8 Å². The fourth-order valence-corrected chi connectivity index (χ4v) is 2.45. The van der Waals surface area contributed by atoms with Crippen LogP contribution in [0.2, 0.25) is 0 Å². The molecule has 0 N–H and O–H groups in total. The molecule has 2 heterocycles. The number of hydrogen-bond donors (Lipinski definition) is 0. The monoisotopic (exact) mass is 199 g/mol. The zero-order valence-corrected chi connectivity index (χ0v) is 7.79. The molecule has 70 valence electrons. The molecule has 0 atom stereocenters. The van der Waals surface area contributed by atoms with E-state index >= 15 is 0 Å². The van der Waals surface area contributed by atoms with Gasteiger partial charge in [-0.3, -0.25) is 4.57 Å². The van der Waals surface area contributed by atoms with Gasteiger partial charge in [-0.05, 0) is 28.5 Å². The average molecular weight is 199 g/mol. The van der Waals surface area contributed by atoms with Crippen molar-refractivity contribution in [3.8, 4) is 0 Å². The Kier molecular flexibility index (Phi) is 2.22. The molecule has 1 aliphatic rings. The van der Waals surface area contributed by atoms with Crippen molar-refractivity contribution in [3.05, 3.63) is 16.4 Å². The third-order valence-electron chi connectivity index (χ3n) is 1.98. The molecule has 2 rings (SSSR count).